The molecule has 0 bridgehead atoms. The van der Waals surface area contributed by atoms with E-state index in [9.17, 15) is 4.79 Å². The number of carbonyl (C=O) groups is 1. The van der Waals surface area contributed by atoms with E-state index in [1.165, 1.54) is 180 Å². The number of unbranched alkanes of at least 4 members (excludes halogenated alkanes) is 25. The molecule has 0 aromatic heterocycles. The van der Waals surface area contributed by atoms with Crippen molar-refractivity contribution in [1.82, 2.24) is 0 Å². The van der Waals surface area contributed by atoms with Crippen LogP contribution in [0.3, 0.4) is 0 Å². The van der Waals surface area contributed by atoms with Crippen molar-refractivity contribution in [3.8, 4) is 0 Å². The van der Waals surface area contributed by atoms with E-state index < -0.39 is 0 Å². The van der Waals surface area contributed by atoms with Gasteiger partial charge in [-0.15, -0.1) is 0 Å². The van der Waals surface area contributed by atoms with Crippen molar-refractivity contribution in [3.05, 3.63) is 12.2 Å². The van der Waals surface area contributed by atoms with Crippen LogP contribution in [0, 0.1) is 5.92 Å². The zero-order chi connectivity index (χ0) is 29.9. The number of hydrogen-bond donors (Lipinski definition) is 0. The highest BCUT2D eigenvalue weighted by Crippen LogP contribution is 2.16. The molecule has 2 nitrogen and oxygen atoms in total. The van der Waals surface area contributed by atoms with E-state index in [0.717, 1.165) is 18.8 Å². The van der Waals surface area contributed by atoms with E-state index in [-0.39, 0.29) is 5.97 Å². The third kappa shape index (κ3) is 35.3. The second-order valence-corrected chi connectivity index (χ2v) is 13.2. The third-order valence-corrected chi connectivity index (χ3v) is 8.94. The summed E-state index contributed by atoms with van der Waals surface area (Å²) in [4.78, 5) is 11.9. The molecular weight excluding hydrogens is 500 g/mol. The molecule has 244 valence electrons. The highest BCUT2D eigenvalue weighted by molar-refractivity contribution is 5.69. The van der Waals surface area contributed by atoms with E-state index >= 15 is 0 Å². The molecule has 0 aliphatic rings. The largest absolute Gasteiger partial charge is 0.466 e. The maximum absolute atomic E-state index is 11.9. The molecule has 0 saturated heterocycles. The van der Waals surface area contributed by atoms with Gasteiger partial charge < -0.3 is 4.74 Å². The summed E-state index contributed by atoms with van der Waals surface area (Å²) in [5.74, 6) is 0.932. The molecule has 0 fully saturated rings. The molecule has 0 aromatic carbocycles. The van der Waals surface area contributed by atoms with Crippen molar-refractivity contribution in [2.45, 2.75) is 220 Å². The Morgan fingerprint density at radius 3 is 1.37 bits per heavy atom. The van der Waals surface area contributed by atoms with Crippen LogP contribution in [0.5, 0.6) is 0 Å². The molecule has 0 saturated carbocycles. The molecule has 0 aliphatic heterocycles. The average molecular weight is 577 g/mol. The molecule has 0 heterocycles. The Kier molecular flexibility index (Phi) is 34.7. The van der Waals surface area contributed by atoms with Gasteiger partial charge in [0.1, 0.15) is 0 Å². The van der Waals surface area contributed by atoms with Crippen LogP contribution in [0.15, 0.2) is 12.2 Å². The fourth-order valence-electron chi connectivity index (χ4n) is 5.70. The molecular formula is C39H76O2. The van der Waals surface area contributed by atoms with Gasteiger partial charge in [-0.1, -0.05) is 187 Å². The van der Waals surface area contributed by atoms with Crippen LogP contribution < -0.4 is 0 Å². The minimum absolute atomic E-state index is 0.0238. The molecule has 0 rings (SSSR count). The average Bonchev–Trinajstić information content (AvgIpc) is 2.98. The quantitative estimate of drug-likeness (QED) is 0.0432. The minimum Gasteiger partial charge on any atom is -0.466 e. The Morgan fingerprint density at radius 2 is 0.902 bits per heavy atom. The molecule has 41 heavy (non-hydrogen) atoms. The van der Waals surface area contributed by atoms with E-state index in [1.54, 1.807) is 0 Å². The lowest BCUT2D eigenvalue weighted by Crippen LogP contribution is -2.05. The molecule has 0 aliphatic carbocycles. The molecule has 2 heteroatoms. The first-order chi connectivity index (χ1) is 20.2. The van der Waals surface area contributed by atoms with Gasteiger partial charge >= 0.3 is 5.97 Å². The third-order valence-electron chi connectivity index (χ3n) is 8.94. The topological polar surface area (TPSA) is 26.3 Å². The summed E-state index contributed by atoms with van der Waals surface area (Å²) in [6.07, 6.45) is 45.6. The van der Waals surface area contributed by atoms with E-state index in [1.807, 2.05) is 0 Å². The van der Waals surface area contributed by atoms with Crippen LogP contribution >= 0.6 is 0 Å². The minimum atomic E-state index is 0.0238. The first-order valence-corrected chi connectivity index (χ1v) is 19.0. The SMILES string of the molecule is CCCCCCCCC=CCCCCCCCCCCCCCC(=O)OCCCCCCCCCCCC(C)CC. The zero-order valence-electron chi connectivity index (χ0n) is 28.7. The number of allylic oxidation sites excluding steroid dienone is 2. The van der Waals surface area contributed by atoms with Crippen molar-refractivity contribution >= 4 is 5.97 Å². The van der Waals surface area contributed by atoms with Crippen LogP contribution in [0.4, 0.5) is 0 Å². The highest BCUT2D eigenvalue weighted by Gasteiger charge is 2.03. The molecule has 0 amide bonds. The first-order valence-electron chi connectivity index (χ1n) is 19.0. The molecule has 0 radical (unpaired) electrons. The molecule has 1 unspecified atom stereocenters. The Balaban J connectivity index is 3.19. The second-order valence-electron chi connectivity index (χ2n) is 13.2. The van der Waals surface area contributed by atoms with Gasteiger partial charge in [0.2, 0.25) is 0 Å². The van der Waals surface area contributed by atoms with E-state index in [2.05, 4.69) is 32.9 Å². The van der Waals surface area contributed by atoms with Gasteiger partial charge in [-0.3, -0.25) is 4.79 Å². The Morgan fingerprint density at radius 1 is 0.512 bits per heavy atom. The lowest BCUT2D eigenvalue weighted by Gasteiger charge is -2.07. The fourth-order valence-corrected chi connectivity index (χ4v) is 5.70. The van der Waals surface area contributed by atoms with Crippen LogP contribution in [-0.2, 0) is 9.53 Å². The fraction of sp³-hybridized carbons (Fsp3) is 0.923. The van der Waals surface area contributed by atoms with E-state index in [4.69, 9.17) is 4.74 Å². The summed E-state index contributed by atoms with van der Waals surface area (Å²) in [5, 5.41) is 0. The lowest BCUT2D eigenvalue weighted by molar-refractivity contribution is -0.143. The zero-order valence-corrected chi connectivity index (χ0v) is 28.7. The summed E-state index contributed by atoms with van der Waals surface area (Å²) >= 11 is 0. The van der Waals surface area contributed by atoms with Crippen LogP contribution in [0.25, 0.3) is 0 Å². The highest BCUT2D eigenvalue weighted by atomic mass is 16.5. The van der Waals surface area contributed by atoms with Gasteiger partial charge in [0, 0.05) is 6.42 Å². The van der Waals surface area contributed by atoms with Crippen LogP contribution in [0.1, 0.15) is 220 Å². The monoisotopic (exact) mass is 577 g/mol. The van der Waals surface area contributed by atoms with Crippen molar-refractivity contribution in [2.75, 3.05) is 6.61 Å². The van der Waals surface area contributed by atoms with Gasteiger partial charge in [-0.2, -0.15) is 0 Å². The normalized spacial score (nSPS) is 12.4. The van der Waals surface area contributed by atoms with Gasteiger partial charge in [0.05, 0.1) is 6.61 Å². The summed E-state index contributed by atoms with van der Waals surface area (Å²) in [6.45, 7) is 7.59. The maximum atomic E-state index is 11.9. The van der Waals surface area contributed by atoms with Crippen molar-refractivity contribution in [3.63, 3.8) is 0 Å². The Labute approximate surface area is 259 Å². The van der Waals surface area contributed by atoms with E-state index in [0.29, 0.717) is 13.0 Å². The van der Waals surface area contributed by atoms with Gasteiger partial charge in [0.15, 0.2) is 0 Å². The number of esters is 1. The van der Waals surface area contributed by atoms with Crippen LogP contribution in [0.2, 0.25) is 0 Å². The Bertz CT molecular complexity index is 526. The summed E-state index contributed by atoms with van der Waals surface area (Å²) in [5.41, 5.74) is 0. The lowest BCUT2D eigenvalue weighted by atomic mass is 9.99. The van der Waals surface area contributed by atoms with Gasteiger partial charge in [0.25, 0.3) is 0 Å². The van der Waals surface area contributed by atoms with Crippen molar-refractivity contribution < 1.29 is 9.53 Å². The predicted molar refractivity (Wildman–Crippen MR) is 184 cm³/mol. The number of hydrogen-bond acceptors (Lipinski definition) is 2. The first kappa shape index (κ1) is 40.2. The number of carbonyl (C=O) groups excluding carboxylic acids is 1. The molecule has 0 aromatic rings. The summed E-state index contributed by atoms with van der Waals surface area (Å²) in [6, 6.07) is 0. The summed E-state index contributed by atoms with van der Waals surface area (Å²) < 4.78 is 5.44. The standard InChI is InChI=1S/C39H76O2/c1-4-6-7-8-9-10-11-12-13-14-15-16-17-18-19-20-21-24-27-30-33-36-39(40)41-37-34-31-28-25-22-23-26-29-32-35-38(3)5-2/h12-13,38H,4-11,14-37H2,1-3H3. The predicted octanol–water partition coefficient (Wildman–Crippen LogP) is 13.9. The maximum Gasteiger partial charge on any atom is 0.305 e. The number of rotatable bonds is 34. The Hall–Kier alpha value is -0.790. The van der Waals surface area contributed by atoms with Crippen LogP contribution in [-0.4, -0.2) is 12.6 Å². The van der Waals surface area contributed by atoms with Gasteiger partial charge in [-0.25, -0.2) is 0 Å². The van der Waals surface area contributed by atoms with Crippen molar-refractivity contribution in [2.24, 2.45) is 5.92 Å². The molecule has 1 atom stereocenters. The molecule has 0 N–H and O–H groups in total. The number of ether oxygens (including phenoxy) is 1. The smallest absolute Gasteiger partial charge is 0.305 e. The summed E-state index contributed by atoms with van der Waals surface area (Å²) in [7, 11) is 0. The van der Waals surface area contributed by atoms with Crippen molar-refractivity contribution in [1.29, 1.82) is 0 Å². The van der Waals surface area contributed by atoms with Gasteiger partial charge in [-0.05, 0) is 44.4 Å². The second kappa shape index (κ2) is 35.4. The molecule has 0 spiro atoms.